The van der Waals surface area contributed by atoms with E-state index in [0.29, 0.717) is 25.2 Å². The third kappa shape index (κ3) is 7.84. The van der Waals surface area contributed by atoms with E-state index in [9.17, 15) is 18.0 Å². The number of alkyl halides is 3. The molecule has 9 heteroatoms. The number of hydrogen-bond acceptors (Lipinski definition) is 5. The molecular weight excluding hydrogens is 469 g/mol. The van der Waals surface area contributed by atoms with E-state index in [1.54, 1.807) is 23.2 Å². The first-order valence-corrected chi connectivity index (χ1v) is 12.0. The largest absolute Gasteiger partial charge is 0.573 e. The summed E-state index contributed by atoms with van der Waals surface area (Å²) in [7, 11) is 0. The molecule has 194 valence electrons. The predicted molar refractivity (Wildman–Crippen MR) is 135 cm³/mol. The minimum Gasteiger partial charge on any atom is -0.406 e. The van der Waals surface area contributed by atoms with Crippen molar-refractivity contribution in [3.8, 4) is 5.75 Å². The number of nitrogens with one attached hydrogen (secondary N) is 1. The maximum atomic E-state index is 12.9. The summed E-state index contributed by atoms with van der Waals surface area (Å²) in [6.07, 6.45) is -0.890. The number of amides is 1. The van der Waals surface area contributed by atoms with Crippen molar-refractivity contribution >= 4 is 12.1 Å². The van der Waals surface area contributed by atoms with Crippen molar-refractivity contribution in [2.24, 2.45) is 4.99 Å². The van der Waals surface area contributed by atoms with Crippen LogP contribution in [0.2, 0.25) is 0 Å². The first-order chi connectivity index (χ1) is 17.2. The molecule has 1 aliphatic heterocycles. The van der Waals surface area contributed by atoms with Gasteiger partial charge in [0.05, 0.1) is 6.54 Å². The third-order valence-corrected chi connectivity index (χ3v) is 6.01. The van der Waals surface area contributed by atoms with Crippen molar-refractivity contribution in [3.63, 3.8) is 0 Å². The zero-order valence-electron chi connectivity index (χ0n) is 20.9. The molecule has 0 atom stereocenters. The lowest BCUT2D eigenvalue weighted by atomic mass is 10.1. The van der Waals surface area contributed by atoms with Crippen molar-refractivity contribution in [2.75, 3.05) is 26.2 Å². The smallest absolute Gasteiger partial charge is 0.406 e. The minimum absolute atomic E-state index is 0.0719. The quantitative estimate of drug-likeness (QED) is 0.408. The lowest BCUT2D eigenvalue weighted by Crippen LogP contribution is -2.32. The summed E-state index contributed by atoms with van der Waals surface area (Å²) < 4.78 is 41.0. The fourth-order valence-electron chi connectivity index (χ4n) is 4.10. The molecule has 2 aromatic carbocycles. The van der Waals surface area contributed by atoms with Crippen LogP contribution in [0.5, 0.6) is 5.75 Å². The lowest BCUT2D eigenvalue weighted by Gasteiger charge is -2.21. The number of allylic oxidation sites excluding steroid dienone is 1. The third-order valence-electron chi connectivity index (χ3n) is 6.01. The second-order valence-corrected chi connectivity index (χ2v) is 8.55. The number of benzene rings is 2. The van der Waals surface area contributed by atoms with E-state index < -0.39 is 6.36 Å². The average molecular weight is 503 g/mol. The molecule has 0 saturated carbocycles. The van der Waals surface area contributed by atoms with Crippen molar-refractivity contribution in [1.82, 2.24) is 15.1 Å². The van der Waals surface area contributed by atoms with Gasteiger partial charge in [0.25, 0.3) is 5.91 Å². The Balaban J connectivity index is 1.56. The van der Waals surface area contributed by atoms with Gasteiger partial charge in [0.2, 0.25) is 0 Å². The van der Waals surface area contributed by atoms with Crippen LogP contribution in [-0.2, 0) is 19.6 Å². The number of carbonyl (C=O) groups excluding carboxylic acids is 1. The van der Waals surface area contributed by atoms with Gasteiger partial charge in [0.15, 0.2) is 0 Å². The van der Waals surface area contributed by atoms with Crippen LogP contribution in [0.3, 0.4) is 0 Å². The van der Waals surface area contributed by atoms with Crippen LogP contribution in [0.25, 0.3) is 0 Å². The van der Waals surface area contributed by atoms with Crippen LogP contribution in [-0.4, -0.2) is 54.5 Å². The summed E-state index contributed by atoms with van der Waals surface area (Å²) in [4.78, 5) is 21.2. The Hall–Kier alpha value is -3.33. The number of hydrogen-bond donors (Lipinski definition) is 1. The van der Waals surface area contributed by atoms with Gasteiger partial charge in [0, 0.05) is 44.0 Å². The Morgan fingerprint density at radius 3 is 2.53 bits per heavy atom. The maximum absolute atomic E-state index is 12.9. The molecule has 6 nitrogen and oxygen atoms in total. The van der Waals surface area contributed by atoms with Crippen molar-refractivity contribution in [1.29, 1.82) is 0 Å². The zero-order valence-corrected chi connectivity index (χ0v) is 20.9. The highest BCUT2D eigenvalue weighted by Crippen LogP contribution is 2.27. The Bertz CT molecular complexity index is 1080. The van der Waals surface area contributed by atoms with Crippen LogP contribution in [0.4, 0.5) is 13.2 Å². The van der Waals surface area contributed by atoms with Crippen molar-refractivity contribution in [2.45, 2.75) is 46.8 Å². The Kier molecular flexibility index (Phi) is 9.52. The standard InChI is InChI=1S/C27H33F3N4O2/c1-4-23(16-31-5-2)32-13-14-33(6-3)17-21-9-12-25-22(15-21)19-34(26(25)35)18-20-7-10-24(11-8-20)36-27(28,29)30/h4-5,7-12,15,32H,6,13-14,16-19H2,1-3H3/b23-4+,31-5?. The van der Waals surface area contributed by atoms with Crippen LogP contribution in [0.1, 0.15) is 47.8 Å². The number of halogens is 3. The molecule has 0 radical (unpaired) electrons. The van der Waals surface area contributed by atoms with Crippen LogP contribution in [0, 0.1) is 0 Å². The summed E-state index contributed by atoms with van der Waals surface area (Å²) in [5, 5.41) is 3.44. The molecular formula is C27H33F3N4O2. The fourth-order valence-corrected chi connectivity index (χ4v) is 4.10. The second-order valence-electron chi connectivity index (χ2n) is 8.55. The molecule has 1 heterocycles. The molecule has 2 aromatic rings. The summed E-state index contributed by atoms with van der Waals surface area (Å²) in [5.41, 5.74) is 4.62. The molecule has 0 aromatic heterocycles. The van der Waals surface area contributed by atoms with Gasteiger partial charge in [-0.15, -0.1) is 13.2 Å². The van der Waals surface area contributed by atoms with E-state index in [2.05, 4.69) is 32.9 Å². The summed E-state index contributed by atoms with van der Waals surface area (Å²) in [5.74, 6) is -0.351. The molecule has 36 heavy (non-hydrogen) atoms. The lowest BCUT2D eigenvalue weighted by molar-refractivity contribution is -0.274. The fraction of sp³-hybridized carbons (Fsp3) is 0.407. The van der Waals surface area contributed by atoms with Crippen LogP contribution >= 0.6 is 0 Å². The van der Waals surface area contributed by atoms with E-state index in [0.717, 1.165) is 48.6 Å². The van der Waals surface area contributed by atoms with Gasteiger partial charge in [-0.1, -0.05) is 37.3 Å². The van der Waals surface area contributed by atoms with E-state index >= 15 is 0 Å². The molecule has 1 aliphatic rings. The summed E-state index contributed by atoms with van der Waals surface area (Å²) in [6.45, 7) is 10.8. The number of aliphatic imine (C=N–C) groups is 1. The van der Waals surface area contributed by atoms with Crippen LogP contribution < -0.4 is 10.1 Å². The van der Waals surface area contributed by atoms with Gasteiger partial charge in [-0.3, -0.25) is 14.7 Å². The molecule has 0 unspecified atom stereocenters. The predicted octanol–water partition coefficient (Wildman–Crippen LogP) is 5.15. The minimum atomic E-state index is -4.73. The molecule has 1 N–H and O–H groups in total. The van der Waals surface area contributed by atoms with Crippen LogP contribution in [0.15, 0.2) is 59.2 Å². The second kappa shape index (κ2) is 12.6. The Morgan fingerprint density at radius 1 is 1.17 bits per heavy atom. The zero-order chi connectivity index (χ0) is 26.1. The monoisotopic (exact) mass is 502 g/mol. The first kappa shape index (κ1) is 27.3. The number of ether oxygens (including phenoxy) is 1. The normalized spacial score (nSPS) is 14.1. The molecule has 0 spiro atoms. The van der Waals surface area contributed by atoms with Gasteiger partial charge >= 0.3 is 6.36 Å². The van der Waals surface area contributed by atoms with E-state index in [1.165, 1.54) is 12.1 Å². The van der Waals surface area contributed by atoms with E-state index in [4.69, 9.17) is 0 Å². The average Bonchev–Trinajstić information content (AvgIpc) is 3.15. The summed E-state index contributed by atoms with van der Waals surface area (Å²) >= 11 is 0. The summed E-state index contributed by atoms with van der Waals surface area (Å²) in [6, 6.07) is 11.6. The molecule has 3 rings (SSSR count). The molecule has 0 bridgehead atoms. The Labute approximate surface area is 210 Å². The van der Waals surface area contributed by atoms with Gasteiger partial charge < -0.3 is 15.0 Å². The number of fused-ring (bicyclic) bond motifs is 1. The maximum Gasteiger partial charge on any atom is 0.573 e. The number of nitrogens with zero attached hydrogens (tertiary/aromatic N) is 3. The van der Waals surface area contributed by atoms with E-state index in [-0.39, 0.29) is 11.7 Å². The van der Waals surface area contributed by atoms with Gasteiger partial charge in [-0.25, -0.2) is 0 Å². The highest BCUT2D eigenvalue weighted by atomic mass is 19.4. The molecule has 0 fully saturated rings. The molecule has 0 saturated heterocycles. The number of likely N-dealkylation sites (N-methyl/N-ethyl adjacent to an activating group) is 1. The Morgan fingerprint density at radius 2 is 1.89 bits per heavy atom. The van der Waals surface area contributed by atoms with Crippen molar-refractivity contribution in [3.05, 3.63) is 76.5 Å². The number of rotatable bonds is 12. The molecule has 1 amide bonds. The SMILES string of the molecule is CC=NC/C(=C\C)NCCN(CC)Cc1ccc2c(c1)CN(Cc1ccc(OC(F)(F)F)cc1)C2=O. The van der Waals surface area contributed by atoms with Gasteiger partial charge in [-0.05, 0) is 61.5 Å². The highest BCUT2D eigenvalue weighted by molar-refractivity contribution is 5.98. The van der Waals surface area contributed by atoms with Gasteiger partial charge in [0.1, 0.15) is 5.75 Å². The van der Waals surface area contributed by atoms with E-state index in [1.807, 2.05) is 32.1 Å². The first-order valence-electron chi connectivity index (χ1n) is 12.0. The van der Waals surface area contributed by atoms with Gasteiger partial charge in [-0.2, -0.15) is 0 Å². The topological polar surface area (TPSA) is 57.2 Å². The van der Waals surface area contributed by atoms with Crippen molar-refractivity contribution < 1.29 is 22.7 Å². The number of carbonyl (C=O) groups is 1. The highest BCUT2D eigenvalue weighted by Gasteiger charge is 2.31. The molecule has 0 aliphatic carbocycles.